The number of halogens is 1. The van der Waals surface area contributed by atoms with Crippen LogP contribution in [0, 0.1) is 0 Å². The Morgan fingerprint density at radius 2 is 1.55 bits per heavy atom. The van der Waals surface area contributed by atoms with E-state index < -0.39 is 28.5 Å². The number of anilines is 1. The Bertz CT molecular complexity index is 1130. The zero-order valence-corrected chi connectivity index (χ0v) is 20.4. The third kappa shape index (κ3) is 6.53. The number of esters is 1. The molecule has 0 heterocycles. The SMILES string of the molecule is CCN(CC)S(=O)(=O)c1cc(C(=O)OCC(=O)Nc2ccc(C(=O)N(C)C)cc2)ccc1Cl. The first-order valence-corrected chi connectivity index (χ1v) is 11.9. The molecule has 2 aromatic rings. The third-order valence-corrected chi connectivity index (χ3v) is 7.18. The van der Waals surface area contributed by atoms with E-state index in [2.05, 4.69) is 5.32 Å². The first-order chi connectivity index (χ1) is 15.5. The molecule has 2 aromatic carbocycles. The normalized spacial score (nSPS) is 11.2. The molecule has 9 nitrogen and oxygen atoms in total. The van der Waals surface area contributed by atoms with Gasteiger partial charge >= 0.3 is 5.97 Å². The van der Waals surface area contributed by atoms with Crippen molar-refractivity contribution in [1.29, 1.82) is 0 Å². The monoisotopic (exact) mass is 495 g/mol. The molecule has 0 aliphatic heterocycles. The topological polar surface area (TPSA) is 113 Å². The van der Waals surface area contributed by atoms with Gasteiger partial charge in [0.2, 0.25) is 10.0 Å². The highest BCUT2D eigenvalue weighted by Crippen LogP contribution is 2.26. The van der Waals surface area contributed by atoms with E-state index in [1.807, 2.05) is 0 Å². The Morgan fingerprint density at radius 1 is 0.970 bits per heavy atom. The fourth-order valence-corrected chi connectivity index (χ4v) is 4.85. The quantitative estimate of drug-likeness (QED) is 0.535. The summed E-state index contributed by atoms with van der Waals surface area (Å²) in [4.78, 5) is 37.6. The molecule has 33 heavy (non-hydrogen) atoms. The number of sulfonamides is 1. The van der Waals surface area contributed by atoms with E-state index >= 15 is 0 Å². The maximum Gasteiger partial charge on any atom is 0.338 e. The van der Waals surface area contributed by atoms with Crippen LogP contribution in [-0.2, 0) is 19.6 Å². The average Bonchev–Trinajstić information content (AvgIpc) is 2.78. The van der Waals surface area contributed by atoms with Crippen molar-refractivity contribution in [1.82, 2.24) is 9.21 Å². The minimum Gasteiger partial charge on any atom is -0.452 e. The van der Waals surface area contributed by atoms with E-state index in [1.165, 1.54) is 21.3 Å². The highest BCUT2D eigenvalue weighted by atomic mass is 35.5. The van der Waals surface area contributed by atoms with Crippen LogP contribution in [-0.4, -0.2) is 69.2 Å². The fourth-order valence-electron chi connectivity index (χ4n) is 2.90. The van der Waals surface area contributed by atoms with Crippen molar-refractivity contribution in [2.24, 2.45) is 0 Å². The fraction of sp³-hybridized carbons (Fsp3) is 0.318. The second kappa shape index (κ2) is 11.3. The third-order valence-electron chi connectivity index (χ3n) is 4.65. The summed E-state index contributed by atoms with van der Waals surface area (Å²) in [6, 6.07) is 10.00. The molecule has 178 valence electrons. The molecule has 0 radical (unpaired) electrons. The van der Waals surface area contributed by atoms with Gasteiger partial charge in [0.1, 0.15) is 4.90 Å². The van der Waals surface area contributed by atoms with Gasteiger partial charge in [-0.25, -0.2) is 13.2 Å². The summed E-state index contributed by atoms with van der Waals surface area (Å²) in [5.74, 6) is -1.64. The summed E-state index contributed by atoms with van der Waals surface area (Å²) < 4.78 is 31.8. The van der Waals surface area contributed by atoms with E-state index in [4.69, 9.17) is 16.3 Å². The summed E-state index contributed by atoms with van der Waals surface area (Å²) in [5, 5.41) is 2.53. The predicted octanol–water partition coefficient (Wildman–Crippen LogP) is 2.87. The minimum atomic E-state index is -3.89. The Hall–Kier alpha value is -2.95. The molecular formula is C22H26ClN3O6S. The number of hydrogen-bond acceptors (Lipinski definition) is 6. The average molecular weight is 496 g/mol. The Morgan fingerprint density at radius 3 is 2.09 bits per heavy atom. The molecule has 0 aliphatic rings. The van der Waals surface area contributed by atoms with Crippen LogP contribution < -0.4 is 5.32 Å². The van der Waals surface area contributed by atoms with Crippen LogP contribution in [0.25, 0.3) is 0 Å². The largest absolute Gasteiger partial charge is 0.452 e. The van der Waals surface area contributed by atoms with Gasteiger partial charge in [0.15, 0.2) is 6.61 Å². The number of nitrogens with one attached hydrogen (secondary N) is 1. The zero-order chi connectivity index (χ0) is 24.8. The summed E-state index contributed by atoms with van der Waals surface area (Å²) in [5.41, 5.74) is 0.831. The molecule has 0 bridgehead atoms. The van der Waals surface area contributed by atoms with Gasteiger partial charge in [-0.15, -0.1) is 0 Å². The Labute approximate surface area is 198 Å². The number of carbonyl (C=O) groups excluding carboxylic acids is 3. The Balaban J connectivity index is 2.04. The van der Waals surface area contributed by atoms with Crippen molar-refractivity contribution >= 4 is 45.1 Å². The van der Waals surface area contributed by atoms with Crippen LogP contribution in [0.3, 0.4) is 0 Å². The number of hydrogen-bond donors (Lipinski definition) is 1. The second-order valence-corrected chi connectivity index (χ2v) is 9.45. The first kappa shape index (κ1) is 26.3. The predicted molar refractivity (Wildman–Crippen MR) is 125 cm³/mol. The van der Waals surface area contributed by atoms with E-state index in [9.17, 15) is 22.8 Å². The zero-order valence-electron chi connectivity index (χ0n) is 18.8. The number of carbonyl (C=O) groups is 3. The smallest absolute Gasteiger partial charge is 0.338 e. The molecule has 0 spiro atoms. The molecule has 0 unspecified atom stereocenters. The standard InChI is InChI=1S/C22H26ClN3O6S/c1-5-26(6-2)33(30,31)19-13-16(9-12-18(19)23)22(29)32-14-20(27)24-17-10-7-15(8-11-17)21(28)25(3)4/h7-13H,5-6,14H2,1-4H3,(H,24,27). The van der Waals surface area contributed by atoms with Gasteiger partial charge < -0.3 is 15.0 Å². The number of ether oxygens (including phenoxy) is 1. The van der Waals surface area contributed by atoms with Gasteiger partial charge in [0.05, 0.1) is 10.6 Å². The van der Waals surface area contributed by atoms with E-state index in [0.717, 1.165) is 6.07 Å². The molecule has 2 amide bonds. The Kier molecular flexibility index (Phi) is 8.98. The minimum absolute atomic E-state index is 0.0209. The van der Waals surface area contributed by atoms with Crippen molar-refractivity contribution in [2.75, 3.05) is 39.1 Å². The lowest BCUT2D eigenvalue weighted by molar-refractivity contribution is -0.119. The van der Waals surface area contributed by atoms with Crippen LogP contribution in [0.2, 0.25) is 5.02 Å². The molecule has 0 atom stereocenters. The molecule has 0 saturated heterocycles. The molecule has 0 aromatic heterocycles. The van der Waals surface area contributed by atoms with Gasteiger partial charge in [0, 0.05) is 38.4 Å². The van der Waals surface area contributed by atoms with E-state index in [0.29, 0.717) is 11.3 Å². The molecule has 2 rings (SSSR count). The number of benzene rings is 2. The van der Waals surface area contributed by atoms with Crippen molar-refractivity contribution < 1.29 is 27.5 Å². The van der Waals surface area contributed by atoms with Gasteiger partial charge in [-0.2, -0.15) is 4.31 Å². The van der Waals surface area contributed by atoms with Crippen LogP contribution in [0.4, 0.5) is 5.69 Å². The highest BCUT2D eigenvalue weighted by molar-refractivity contribution is 7.89. The van der Waals surface area contributed by atoms with Crippen LogP contribution in [0.1, 0.15) is 34.6 Å². The lowest BCUT2D eigenvalue weighted by Gasteiger charge is -2.19. The summed E-state index contributed by atoms with van der Waals surface area (Å²) in [6.45, 7) is 3.29. The van der Waals surface area contributed by atoms with Crippen LogP contribution in [0.5, 0.6) is 0 Å². The molecular weight excluding hydrogens is 470 g/mol. The van der Waals surface area contributed by atoms with Crippen molar-refractivity contribution in [3.05, 3.63) is 58.6 Å². The number of nitrogens with zero attached hydrogens (tertiary/aromatic N) is 2. The highest BCUT2D eigenvalue weighted by Gasteiger charge is 2.26. The van der Waals surface area contributed by atoms with Crippen molar-refractivity contribution in [3.8, 4) is 0 Å². The van der Waals surface area contributed by atoms with E-state index in [-0.39, 0.29) is 34.5 Å². The van der Waals surface area contributed by atoms with Crippen LogP contribution >= 0.6 is 11.6 Å². The summed E-state index contributed by atoms with van der Waals surface area (Å²) >= 11 is 6.06. The van der Waals surface area contributed by atoms with Gasteiger partial charge in [0.25, 0.3) is 11.8 Å². The maximum atomic E-state index is 12.8. The molecule has 1 N–H and O–H groups in total. The van der Waals surface area contributed by atoms with Crippen molar-refractivity contribution in [2.45, 2.75) is 18.7 Å². The molecule has 0 aliphatic carbocycles. The summed E-state index contributed by atoms with van der Waals surface area (Å²) in [6.07, 6.45) is 0. The number of amides is 2. The maximum absolute atomic E-state index is 12.8. The van der Waals surface area contributed by atoms with Crippen LogP contribution in [0.15, 0.2) is 47.4 Å². The lowest BCUT2D eigenvalue weighted by atomic mass is 10.2. The van der Waals surface area contributed by atoms with Gasteiger partial charge in [-0.05, 0) is 42.5 Å². The summed E-state index contributed by atoms with van der Waals surface area (Å²) in [7, 11) is -0.620. The molecule has 0 fully saturated rings. The van der Waals surface area contributed by atoms with Gasteiger partial charge in [-0.3, -0.25) is 9.59 Å². The second-order valence-electron chi connectivity index (χ2n) is 7.14. The molecule has 11 heteroatoms. The number of rotatable bonds is 9. The first-order valence-electron chi connectivity index (χ1n) is 10.1. The molecule has 0 saturated carbocycles. The van der Waals surface area contributed by atoms with Crippen molar-refractivity contribution in [3.63, 3.8) is 0 Å². The van der Waals surface area contributed by atoms with Gasteiger partial charge in [-0.1, -0.05) is 25.4 Å². The lowest BCUT2D eigenvalue weighted by Crippen LogP contribution is -2.31. The van der Waals surface area contributed by atoms with E-state index in [1.54, 1.807) is 52.2 Å².